The molecule has 2 aromatic carbocycles. The van der Waals surface area contributed by atoms with Crippen LogP contribution in [0.1, 0.15) is 11.1 Å². The molecule has 0 aliphatic heterocycles. The predicted octanol–water partition coefficient (Wildman–Crippen LogP) is 5.68. The highest BCUT2D eigenvalue weighted by Gasteiger charge is 2.03. The third kappa shape index (κ3) is 3.19. The Labute approximate surface area is 125 Å². The van der Waals surface area contributed by atoms with Gasteiger partial charge in [0.25, 0.3) is 0 Å². The van der Waals surface area contributed by atoms with Crippen molar-refractivity contribution in [3.63, 3.8) is 0 Å². The van der Waals surface area contributed by atoms with Gasteiger partial charge in [-0.25, -0.2) is 0 Å². The maximum atomic E-state index is 5.98. The molecule has 0 saturated carbocycles. The van der Waals surface area contributed by atoms with Crippen LogP contribution in [0.5, 0.6) is 0 Å². The standard InChI is InChI=1S/C14H12BrCl2N/c1-9-11(15)3-2-4-14(9)18-8-10-5-6-12(16)13(17)7-10/h2-7,18H,8H2,1H3. The summed E-state index contributed by atoms with van der Waals surface area (Å²) in [7, 11) is 0. The summed E-state index contributed by atoms with van der Waals surface area (Å²) in [6.45, 7) is 2.79. The lowest BCUT2D eigenvalue weighted by molar-refractivity contribution is 1.14. The summed E-state index contributed by atoms with van der Waals surface area (Å²) in [5, 5.41) is 4.55. The van der Waals surface area contributed by atoms with Crippen molar-refractivity contribution in [1.29, 1.82) is 0 Å². The second-order valence-electron chi connectivity index (χ2n) is 4.01. The second kappa shape index (κ2) is 5.96. The monoisotopic (exact) mass is 343 g/mol. The van der Waals surface area contributed by atoms with Crippen LogP contribution < -0.4 is 5.32 Å². The smallest absolute Gasteiger partial charge is 0.0595 e. The summed E-state index contributed by atoms with van der Waals surface area (Å²) in [5.74, 6) is 0. The fourth-order valence-electron chi connectivity index (χ4n) is 1.65. The van der Waals surface area contributed by atoms with Gasteiger partial charge in [0.15, 0.2) is 0 Å². The number of rotatable bonds is 3. The zero-order chi connectivity index (χ0) is 13.1. The SMILES string of the molecule is Cc1c(Br)cccc1NCc1ccc(Cl)c(Cl)c1. The summed E-state index contributed by atoms with van der Waals surface area (Å²) in [5.41, 5.74) is 3.40. The van der Waals surface area contributed by atoms with E-state index in [9.17, 15) is 0 Å². The number of halogens is 3. The average Bonchev–Trinajstić information content (AvgIpc) is 2.35. The molecule has 0 bridgehead atoms. The lowest BCUT2D eigenvalue weighted by Gasteiger charge is -2.11. The molecule has 0 heterocycles. The Hall–Kier alpha value is -0.700. The molecule has 0 atom stereocenters. The first-order chi connectivity index (χ1) is 8.58. The minimum atomic E-state index is 0.582. The van der Waals surface area contributed by atoms with Crippen LogP contribution in [0.3, 0.4) is 0 Å². The van der Waals surface area contributed by atoms with E-state index < -0.39 is 0 Å². The summed E-state index contributed by atoms with van der Waals surface area (Å²) in [6, 6.07) is 11.7. The Morgan fingerprint density at radius 3 is 2.61 bits per heavy atom. The molecule has 2 rings (SSSR count). The molecule has 0 radical (unpaired) electrons. The van der Waals surface area contributed by atoms with Crippen molar-refractivity contribution >= 4 is 44.8 Å². The maximum Gasteiger partial charge on any atom is 0.0595 e. The fraction of sp³-hybridized carbons (Fsp3) is 0.143. The summed E-state index contributed by atoms with van der Waals surface area (Å²) in [4.78, 5) is 0. The van der Waals surface area contributed by atoms with E-state index in [-0.39, 0.29) is 0 Å². The van der Waals surface area contributed by atoms with Crippen LogP contribution in [0.15, 0.2) is 40.9 Å². The van der Waals surface area contributed by atoms with E-state index in [0.717, 1.165) is 15.7 Å². The van der Waals surface area contributed by atoms with Crippen molar-refractivity contribution in [2.45, 2.75) is 13.5 Å². The number of hydrogen-bond donors (Lipinski definition) is 1. The summed E-state index contributed by atoms with van der Waals surface area (Å²) >= 11 is 15.4. The highest BCUT2D eigenvalue weighted by Crippen LogP contribution is 2.25. The third-order valence-corrected chi connectivity index (χ3v) is 4.33. The summed E-state index contributed by atoms with van der Waals surface area (Å²) in [6.07, 6.45) is 0. The average molecular weight is 345 g/mol. The molecule has 2 aromatic rings. The number of anilines is 1. The number of benzene rings is 2. The van der Waals surface area contributed by atoms with Crippen molar-refractivity contribution in [3.05, 3.63) is 62.0 Å². The van der Waals surface area contributed by atoms with E-state index in [2.05, 4.69) is 34.2 Å². The quantitative estimate of drug-likeness (QED) is 0.755. The van der Waals surface area contributed by atoms with Crippen LogP contribution >= 0.6 is 39.1 Å². The largest absolute Gasteiger partial charge is 0.381 e. The Kier molecular flexibility index (Phi) is 4.55. The predicted molar refractivity (Wildman–Crippen MR) is 82.7 cm³/mol. The molecule has 0 amide bonds. The first kappa shape index (κ1) is 13.7. The highest BCUT2D eigenvalue weighted by molar-refractivity contribution is 9.10. The van der Waals surface area contributed by atoms with Gasteiger partial charge in [-0.15, -0.1) is 0 Å². The molecule has 0 spiro atoms. The first-order valence-corrected chi connectivity index (χ1v) is 7.06. The van der Waals surface area contributed by atoms with Crippen molar-refractivity contribution in [2.24, 2.45) is 0 Å². The molecule has 0 aliphatic carbocycles. The van der Waals surface area contributed by atoms with Crippen molar-refractivity contribution in [2.75, 3.05) is 5.32 Å². The normalized spacial score (nSPS) is 10.4. The van der Waals surface area contributed by atoms with Gasteiger partial charge in [-0.3, -0.25) is 0 Å². The van der Waals surface area contributed by atoms with E-state index >= 15 is 0 Å². The third-order valence-electron chi connectivity index (χ3n) is 2.73. The second-order valence-corrected chi connectivity index (χ2v) is 5.68. The van der Waals surface area contributed by atoms with Gasteiger partial charge in [-0.05, 0) is 42.3 Å². The number of nitrogens with one attached hydrogen (secondary N) is 1. The minimum absolute atomic E-state index is 0.582. The molecule has 1 nitrogen and oxygen atoms in total. The molecule has 0 fully saturated rings. The molecule has 18 heavy (non-hydrogen) atoms. The van der Waals surface area contributed by atoms with E-state index in [1.807, 2.05) is 30.3 Å². The van der Waals surface area contributed by atoms with Gasteiger partial charge >= 0.3 is 0 Å². The molecule has 0 saturated heterocycles. The highest BCUT2D eigenvalue weighted by atomic mass is 79.9. The van der Waals surface area contributed by atoms with Crippen LogP contribution in [-0.4, -0.2) is 0 Å². The molecular weight excluding hydrogens is 333 g/mol. The molecule has 0 aromatic heterocycles. The zero-order valence-electron chi connectivity index (χ0n) is 9.81. The van der Waals surface area contributed by atoms with Gasteiger partial charge in [-0.1, -0.05) is 51.3 Å². The van der Waals surface area contributed by atoms with Crippen molar-refractivity contribution < 1.29 is 0 Å². The van der Waals surface area contributed by atoms with Crippen LogP contribution in [0.2, 0.25) is 10.0 Å². The van der Waals surface area contributed by atoms with E-state index in [1.54, 1.807) is 0 Å². The minimum Gasteiger partial charge on any atom is -0.381 e. The van der Waals surface area contributed by atoms with Crippen LogP contribution in [0.25, 0.3) is 0 Å². The Morgan fingerprint density at radius 1 is 1.11 bits per heavy atom. The lowest BCUT2D eigenvalue weighted by Crippen LogP contribution is -2.01. The van der Waals surface area contributed by atoms with Gasteiger partial charge in [0, 0.05) is 16.7 Å². The number of hydrogen-bond acceptors (Lipinski definition) is 1. The van der Waals surface area contributed by atoms with Crippen molar-refractivity contribution in [3.8, 4) is 0 Å². The Morgan fingerprint density at radius 2 is 1.89 bits per heavy atom. The summed E-state index contributed by atoms with van der Waals surface area (Å²) < 4.78 is 1.10. The molecule has 94 valence electrons. The van der Waals surface area contributed by atoms with E-state index in [4.69, 9.17) is 23.2 Å². The molecular formula is C14H12BrCl2N. The van der Waals surface area contributed by atoms with Gasteiger partial charge in [0.1, 0.15) is 0 Å². The lowest BCUT2D eigenvalue weighted by atomic mass is 10.2. The molecule has 1 N–H and O–H groups in total. The van der Waals surface area contributed by atoms with E-state index in [0.29, 0.717) is 16.6 Å². The van der Waals surface area contributed by atoms with E-state index in [1.165, 1.54) is 5.56 Å². The maximum absolute atomic E-state index is 5.98. The van der Waals surface area contributed by atoms with Crippen LogP contribution in [0.4, 0.5) is 5.69 Å². The molecule has 0 unspecified atom stereocenters. The van der Waals surface area contributed by atoms with Gasteiger partial charge in [-0.2, -0.15) is 0 Å². The Balaban J connectivity index is 2.11. The zero-order valence-corrected chi connectivity index (χ0v) is 12.9. The van der Waals surface area contributed by atoms with Crippen molar-refractivity contribution in [1.82, 2.24) is 0 Å². The van der Waals surface area contributed by atoms with Crippen LogP contribution in [-0.2, 0) is 6.54 Å². The fourth-order valence-corrected chi connectivity index (χ4v) is 2.33. The first-order valence-electron chi connectivity index (χ1n) is 5.51. The van der Waals surface area contributed by atoms with Gasteiger partial charge < -0.3 is 5.32 Å². The van der Waals surface area contributed by atoms with Crippen LogP contribution in [0, 0.1) is 6.92 Å². The van der Waals surface area contributed by atoms with Gasteiger partial charge in [0.2, 0.25) is 0 Å². The van der Waals surface area contributed by atoms with Gasteiger partial charge in [0.05, 0.1) is 10.0 Å². The topological polar surface area (TPSA) is 12.0 Å². The molecule has 4 heteroatoms. The molecule has 0 aliphatic rings. The Bertz CT molecular complexity index is 570.